The summed E-state index contributed by atoms with van der Waals surface area (Å²) in [4.78, 5) is 10.7. The van der Waals surface area contributed by atoms with Gasteiger partial charge in [-0.15, -0.1) is 0 Å². The van der Waals surface area contributed by atoms with Crippen molar-refractivity contribution >= 4 is 5.97 Å². The summed E-state index contributed by atoms with van der Waals surface area (Å²) in [6.07, 6.45) is 3.12. The van der Waals surface area contributed by atoms with Gasteiger partial charge in [-0.3, -0.25) is 4.79 Å². The molecule has 0 spiro atoms. The van der Waals surface area contributed by atoms with Gasteiger partial charge in [0.05, 0.1) is 12.2 Å². The molecule has 1 saturated carbocycles. The maximum Gasteiger partial charge on any atom is 0.307 e. The van der Waals surface area contributed by atoms with Crippen LogP contribution in [0.5, 0.6) is 0 Å². The lowest BCUT2D eigenvalue weighted by molar-refractivity contribution is -0.139. The van der Waals surface area contributed by atoms with Gasteiger partial charge in [0.2, 0.25) is 0 Å². The van der Waals surface area contributed by atoms with E-state index < -0.39 is 5.97 Å². The van der Waals surface area contributed by atoms with Gasteiger partial charge in [0, 0.05) is 6.42 Å². The fourth-order valence-electron chi connectivity index (χ4n) is 1.80. The normalized spacial score (nSPS) is 31.6. The van der Waals surface area contributed by atoms with Gasteiger partial charge >= 0.3 is 5.97 Å². The van der Waals surface area contributed by atoms with E-state index in [-0.39, 0.29) is 11.3 Å². The zero-order valence-corrected chi connectivity index (χ0v) is 7.49. The van der Waals surface area contributed by atoms with Crippen LogP contribution in [0.25, 0.3) is 0 Å². The van der Waals surface area contributed by atoms with Crippen molar-refractivity contribution in [3.8, 4) is 0 Å². The maximum atomic E-state index is 10.7. The summed E-state index contributed by atoms with van der Waals surface area (Å²) in [5, 5.41) is 8.79. The van der Waals surface area contributed by atoms with Crippen LogP contribution < -0.4 is 0 Å². The van der Waals surface area contributed by atoms with Crippen LogP contribution in [0, 0.1) is 11.3 Å². The highest BCUT2D eigenvalue weighted by atomic mass is 16.4. The Morgan fingerprint density at radius 2 is 2.62 bits per heavy atom. The SMILES string of the molecule is CC1(Cc2ccco2)CC1C(=O)O. The van der Waals surface area contributed by atoms with E-state index in [4.69, 9.17) is 9.52 Å². The van der Waals surface area contributed by atoms with Gasteiger partial charge in [0.25, 0.3) is 0 Å². The minimum absolute atomic E-state index is 0.0797. The topological polar surface area (TPSA) is 50.4 Å². The van der Waals surface area contributed by atoms with E-state index in [1.54, 1.807) is 6.26 Å². The van der Waals surface area contributed by atoms with E-state index in [1.807, 2.05) is 19.1 Å². The molecule has 0 amide bonds. The maximum absolute atomic E-state index is 10.7. The van der Waals surface area contributed by atoms with Gasteiger partial charge in [-0.2, -0.15) is 0 Å². The third-order valence-corrected chi connectivity index (χ3v) is 2.81. The fourth-order valence-corrected chi connectivity index (χ4v) is 1.80. The molecule has 2 rings (SSSR count). The van der Waals surface area contributed by atoms with Gasteiger partial charge in [-0.1, -0.05) is 6.92 Å². The largest absolute Gasteiger partial charge is 0.481 e. The highest BCUT2D eigenvalue weighted by Gasteiger charge is 2.54. The van der Waals surface area contributed by atoms with E-state index in [0.717, 1.165) is 18.6 Å². The first-order chi connectivity index (χ1) is 6.12. The molecular weight excluding hydrogens is 168 g/mol. The van der Waals surface area contributed by atoms with Crippen molar-refractivity contribution in [1.29, 1.82) is 0 Å². The number of furan rings is 1. The van der Waals surface area contributed by atoms with E-state index in [1.165, 1.54) is 0 Å². The minimum Gasteiger partial charge on any atom is -0.481 e. The number of carboxylic acids is 1. The third kappa shape index (κ3) is 1.46. The monoisotopic (exact) mass is 180 g/mol. The fraction of sp³-hybridized carbons (Fsp3) is 0.500. The van der Waals surface area contributed by atoms with Crippen LogP contribution in [0.3, 0.4) is 0 Å². The second kappa shape index (κ2) is 2.62. The molecule has 0 aromatic carbocycles. The third-order valence-electron chi connectivity index (χ3n) is 2.81. The molecule has 1 heterocycles. The summed E-state index contributed by atoms with van der Waals surface area (Å²) in [5.41, 5.74) is -0.0797. The lowest BCUT2D eigenvalue weighted by atomic mass is 10.0. The molecule has 2 atom stereocenters. The first kappa shape index (κ1) is 8.35. The number of carbonyl (C=O) groups is 1. The Morgan fingerprint density at radius 1 is 1.85 bits per heavy atom. The molecule has 0 radical (unpaired) electrons. The highest BCUT2D eigenvalue weighted by molar-refractivity contribution is 5.74. The quantitative estimate of drug-likeness (QED) is 0.773. The number of hydrogen-bond acceptors (Lipinski definition) is 2. The second-order valence-electron chi connectivity index (χ2n) is 4.01. The van der Waals surface area contributed by atoms with Crippen LogP contribution >= 0.6 is 0 Å². The molecule has 13 heavy (non-hydrogen) atoms. The van der Waals surface area contributed by atoms with E-state index in [0.29, 0.717) is 0 Å². The molecule has 1 fully saturated rings. The Labute approximate surface area is 76.4 Å². The van der Waals surface area contributed by atoms with Crippen molar-refractivity contribution in [2.75, 3.05) is 0 Å². The Hall–Kier alpha value is -1.25. The first-order valence-electron chi connectivity index (χ1n) is 4.37. The van der Waals surface area contributed by atoms with Gasteiger partial charge in [-0.05, 0) is 24.0 Å². The highest BCUT2D eigenvalue weighted by Crippen LogP contribution is 2.54. The Bertz CT molecular complexity index is 315. The van der Waals surface area contributed by atoms with Crippen LogP contribution in [0.15, 0.2) is 22.8 Å². The molecule has 3 nitrogen and oxygen atoms in total. The van der Waals surface area contributed by atoms with Crippen LogP contribution in [-0.2, 0) is 11.2 Å². The lowest BCUT2D eigenvalue weighted by Gasteiger charge is -2.05. The molecule has 3 heteroatoms. The summed E-state index contributed by atoms with van der Waals surface area (Å²) >= 11 is 0. The Kier molecular flexibility index (Phi) is 1.68. The summed E-state index contributed by atoms with van der Waals surface area (Å²) in [7, 11) is 0. The Morgan fingerprint density at radius 3 is 3.08 bits per heavy atom. The van der Waals surface area contributed by atoms with Gasteiger partial charge in [0.15, 0.2) is 0 Å². The average Bonchev–Trinajstić information content (AvgIpc) is 2.50. The molecule has 2 unspecified atom stereocenters. The number of aliphatic carboxylic acids is 1. The summed E-state index contributed by atoms with van der Waals surface area (Å²) in [6.45, 7) is 1.99. The molecule has 1 aliphatic carbocycles. The van der Waals surface area contributed by atoms with E-state index >= 15 is 0 Å². The number of carboxylic acid groups (broad SMARTS) is 1. The van der Waals surface area contributed by atoms with Crippen LogP contribution in [0.1, 0.15) is 19.1 Å². The molecule has 1 aliphatic rings. The standard InChI is InChI=1S/C10H12O3/c1-10(6-8(10)9(11)12)5-7-3-2-4-13-7/h2-4,8H,5-6H2,1H3,(H,11,12). The summed E-state index contributed by atoms with van der Waals surface area (Å²) in [6, 6.07) is 3.72. The zero-order chi connectivity index (χ0) is 9.47. The summed E-state index contributed by atoms with van der Waals surface area (Å²) < 4.78 is 5.18. The van der Waals surface area contributed by atoms with E-state index in [9.17, 15) is 4.79 Å². The molecule has 70 valence electrons. The van der Waals surface area contributed by atoms with Crippen molar-refractivity contribution in [3.05, 3.63) is 24.2 Å². The van der Waals surface area contributed by atoms with Crippen molar-refractivity contribution in [2.24, 2.45) is 11.3 Å². The number of rotatable bonds is 3. The second-order valence-corrected chi connectivity index (χ2v) is 4.01. The smallest absolute Gasteiger partial charge is 0.307 e. The van der Waals surface area contributed by atoms with Crippen LogP contribution in [0.4, 0.5) is 0 Å². The van der Waals surface area contributed by atoms with Crippen molar-refractivity contribution in [2.45, 2.75) is 19.8 Å². The lowest BCUT2D eigenvalue weighted by Crippen LogP contribution is -2.09. The molecule has 1 N–H and O–H groups in total. The zero-order valence-electron chi connectivity index (χ0n) is 7.49. The summed E-state index contributed by atoms with van der Waals surface area (Å²) in [5.74, 6) is 0.0120. The Balaban J connectivity index is 2.01. The first-order valence-corrected chi connectivity index (χ1v) is 4.37. The van der Waals surface area contributed by atoms with Crippen molar-refractivity contribution < 1.29 is 14.3 Å². The predicted octanol–water partition coefficient (Wildman–Crippen LogP) is 1.93. The minimum atomic E-state index is -0.686. The van der Waals surface area contributed by atoms with Gasteiger partial charge < -0.3 is 9.52 Å². The molecular formula is C10H12O3. The van der Waals surface area contributed by atoms with Crippen LogP contribution in [0.2, 0.25) is 0 Å². The molecule has 1 aromatic heterocycles. The molecule has 1 aromatic rings. The van der Waals surface area contributed by atoms with Gasteiger partial charge in [-0.25, -0.2) is 0 Å². The molecule has 0 saturated heterocycles. The van der Waals surface area contributed by atoms with Crippen LogP contribution in [-0.4, -0.2) is 11.1 Å². The predicted molar refractivity (Wildman–Crippen MR) is 46.3 cm³/mol. The van der Waals surface area contributed by atoms with E-state index in [2.05, 4.69) is 0 Å². The average molecular weight is 180 g/mol. The number of hydrogen-bond donors (Lipinski definition) is 1. The van der Waals surface area contributed by atoms with Gasteiger partial charge in [0.1, 0.15) is 5.76 Å². The van der Waals surface area contributed by atoms with Crippen molar-refractivity contribution in [3.63, 3.8) is 0 Å². The molecule has 0 bridgehead atoms. The van der Waals surface area contributed by atoms with Crippen molar-refractivity contribution in [1.82, 2.24) is 0 Å². The molecule has 0 aliphatic heterocycles.